The fourth-order valence-corrected chi connectivity index (χ4v) is 0.488. The summed E-state index contributed by atoms with van der Waals surface area (Å²) in [7, 11) is 0. The van der Waals surface area contributed by atoms with Crippen molar-refractivity contribution < 1.29 is 40.2 Å². The van der Waals surface area contributed by atoms with Crippen LogP contribution in [0.5, 0.6) is 0 Å². The molecule has 0 aliphatic carbocycles. The molecule has 1 aromatic rings. The maximum Gasteiger partial charge on any atom is 0.0364 e. The predicted octanol–water partition coefficient (Wildman–Crippen LogP) is 2.41. The Morgan fingerprint density at radius 2 is 1.90 bits per heavy atom. The zero-order valence-electron chi connectivity index (χ0n) is 4.72. The van der Waals surface area contributed by atoms with Crippen molar-refractivity contribution in [3.63, 3.8) is 0 Å². The van der Waals surface area contributed by atoms with Gasteiger partial charge < -0.3 is 10.7 Å². The van der Waals surface area contributed by atoms with Crippen LogP contribution in [0.4, 0.5) is 5.82 Å². The first-order chi connectivity index (χ1) is 3.79. The summed E-state index contributed by atoms with van der Waals surface area (Å²) in [5.41, 5.74) is 6.92. The van der Waals surface area contributed by atoms with E-state index in [0.29, 0.717) is 5.02 Å². The number of pyridine rings is 1. The SMILES string of the molecule is [Ir].[Ir].[NH-]c1ccc(Cl)cn1. The van der Waals surface area contributed by atoms with Crippen LogP contribution < -0.4 is 0 Å². The first-order valence-electron chi connectivity index (χ1n) is 2.12. The molecule has 1 aromatic heterocycles. The smallest absolute Gasteiger partial charge is 0.0364 e. The van der Waals surface area contributed by atoms with E-state index in [1.807, 2.05) is 0 Å². The molecule has 0 aliphatic heterocycles. The van der Waals surface area contributed by atoms with Crippen molar-refractivity contribution in [2.75, 3.05) is 0 Å². The van der Waals surface area contributed by atoms with Crippen molar-refractivity contribution >= 4 is 17.4 Å². The normalized spacial score (nSPS) is 7.30. The molecule has 1 N–H and O–H groups in total. The molecule has 1 rings (SSSR count). The zero-order chi connectivity index (χ0) is 5.98. The summed E-state index contributed by atoms with van der Waals surface area (Å²) in [6.07, 6.45) is 1.45. The molecular formula is C5H4ClIr2N2-. The summed E-state index contributed by atoms with van der Waals surface area (Å²) in [4.78, 5) is 3.61. The van der Waals surface area contributed by atoms with E-state index in [4.69, 9.17) is 17.3 Å². The van der Waals surface area contributed by atoms with E-state index < -0.39 is 0 Å². The Kier molecular flexibility index (Phi) is 8.24. The standard InChI is InChI=1S/C5H4ClN2.2Ir/c6-4-1-2-5(7)8-3-4;;/h1-3H,(H-,7,8);;/q-1;;. The monoisotopic (exact) mass is 513 g/mol. The minimum Gasteiger partial charge on any atom is -0.482 e. The molecule has 0 fully saturated rings. The van der Waals surface area contributed by atoms with Gasteiger partial charge in [0.25, 0.3) is 0 Å². The Labute approximate surface area is 91.3 Å². The molecule has 0 aliphatic rings. The number of rotatable bonds is 0. The van der Waals surface area contributed by atoms with Gasteiger partial charge in [-0.2, -0.15) is 0 Å². The number of nitrogens with zero attached hydrogens (tertiary/aromatic N) is 1. The van der Waals surface area contributed by atoms with Gasteiger partial charge in [0.2, 0.25) is 0 Å². The van der Waals surface area contributed by atoms with Crippen molar-refractivity contribution in [1.29, 1.82) is 0 Å². The Balaban J connectivity index is 0. The summed E-state index contributed by atoms with van der Waals surface area (Å²) in [6.45, 7) is 0. The van der Waals surface area contributed by atoms with Crippen molar-refractivity contribution in [2.45, 2.75) is 0 Å². The molecule has 60 valence electrons. The number of hydrogen-bond acceptors (Lipinski definition) is 1. The van der Waals surface area contributed by atoms with Crippen LogP contribution in [-0.4, -0.2) is 4.98 Å². The number of nitrogens with one attached hydrogen (secondary N) is 1. The van der Waals surface area contributed by atoms with Gasteiger partial charge in [-0.05, 0) is 6.07 Å². The molecule has 2 nitrogen and oxygen atoms in total. The second-order valence-corrected chi connectivity index (χ2v) is 1.80. The van der Waals surface area contributed by atoms with Crippen molar-refractivity contribution in [2.24, 2.45) is 0 Å². The maximum atomic E-state index is 6.92. The first kappa shape index (κ1) is 13.2. The van der Waals surface area contributed by atoms with Crippen LogP contribution >= 0.6 is 11.6 Å². The molecule has 2 radical (unpaired) electrons. The van der Waals surface area contributed by atoms with Crippen LogP contribution in [0.15, 0.2) is 18.3 Å². The molecular weight excluding hydrogens is 508 g/mol. The Morgan fingerprint density at radius 1 is 1.30 bits per heavy atom. The van der Waals surface area contributed by atoms with Crippen LogP contribution in [0.2, 0.25) is 5.02 Å². The summed E-state index contributed by atoms with van der Waals surface area (Å²) in [5.74, 6) is 0.245. The molecule has 0 spiro atoms. The quantitative estimate of drug-likeness (QED) is 0.527. The van der Waals surface area contributed by atoms with Gasteiger partial charge in [0.1, 0.15) is 0 Å². The van der Waals surface area contributed by atoms with Gasteiger partial charge in [-0.25, -0.2) is 0 Å². The fraction of sp³-hybridized carbons (Fsp3) is 0. The molecule has 0 saturated carbocycles. The second-order valence-electron chi connectivity index (χ2n) is 1.36. The third-order valence-corrected chi connectivity index (χ3v) is 0.951. The molecule has 1 heterocycles. The van der Waals surface area contributed by atoms with Gasteiger partial charge in [0.15, 0.2) is 0 Å². The molecule has 10 heavy (non-hydrogen) atoms. The molecule has 5 heteroatoms. The minimum atomic E-state index is 0. The number of halogens is 1. The average molecular weight is 512 g/mol. The molecule has 0 bridgehead atoms. The third-order valence-electron chi connectivity index (χ3n) is 0.727. The van der Waals surface area contributed by atoms with E-state index in [2.05, 4.69) is 4.98 Å². The van der Waals surface area contributed by atoms with Crippen LogP contribution in [0.25, 0.3) is 5.73 Å². The minimum absolute atomic E-state index is 0. The van der Waals surface area contributed by atoms with Crippen LogP contribution in [0.1, 0.15) is 0 Å². The summed E-state index contributed by atoms with van der Waals surface area (Å²) in [5, 5.41) is 0.570. The van der Waals surface area contributed by atoms with Gasteiger partial charge >= 0.3 is 0 Å². The molecule has 0 unspecified atom stereocenters. The van der Waals surface area contributed by atoms with E-state index in [9.17, 15) is 0 Å². The predicted molar refractivity (Wildman–Crippen MR) is 33.2 cm³/mol. The fourth-order valence-electron chi connectivity index (χ4n) is 0.376. The van der Waals surface area contributed by atoms with Gasteiger partial charge in [-0.15, -0.1) is 0 Å². The molecule has 0 atom stereocenters. The zero-order valence-corrected chi connectivity index (χ0v) is 10.3. The van der Waals surface area contributed by atoms with Crippen molar-refractivity contribution in [3.8, 4) is 0 Å². The summed E-state index contributed by atoms with van der Waals surface area (Å²) >= 11 is 5.47. The number of aromatic nitrogens is 1. The molecule has 0 aromatic carbocycles. The molecule has 0 saturated heterocycles. The van der Waals surface area contributed by atoms with Gasteiger partial charge in [0, 0.05) is 45.2 Å². The van der Waals surface area contributed by atoms with E-state index in [0.717, 1.165) is 0 Å². The summed E-state index contributed by atoms with van der Waals surface area (Å²) in [6, 6.07) is 3.18. The van der Waals surface area contributed by atoms with E-state index in [1.54, 1.807) is 12.1 Å². The largest absolute Gasteiger partial charge is 0.482 e. The van der Waals surface area contributed by atoms with Crippen LogP contribution in [0.3, 0.4) is 0 Å². The average Bonchev–Trinajstić information content (AvgIpc) is 1.77. The topological polar surface area (TPSA) is 36.7 Å². The Hall–Kier alpha value is 0.539. The van der Waals surface area contributed by atoms with Gasteiger partial charge in [-0.1, -0.05) is 29.7 Å². The van der Waals surface area contributed by atoms with E-state index >= 15 is 0 Å². The van der Waals surface area contributed by atoms with Crippen molar-refractivity contribution in [1.82, 2.24) is 4.98 Å². The van der Waals surface area contributed by atoms with Crippen molar-refractivity contribution in [3.05, 3.63) is 29.1 Å². The summed E-state index contributed by atoms with van der Waals surface area (Å²) < 4.78 is 0. The van der Waals surface area contributed by atoms with E-state index in [-0.39, 0.29) is 46.0 Å². The van der Waals surface area contributed by atoms with E-state index in [1.165, 1.54) is 6.20 Å². The molecule has 0 amide bonds. The van der Waals surface area contributed by atoms with Gasteiger partial charge in [0.05, 0.1) is 0 Å². The maximum absolute atomic E-state index is 6.92. The Bertz CT molecular complexity index is 157. The van der Waals surface area contributed by atoms with Crippen LogP contribution in [0, 0.1) is 0 Å². The second kappa shape index (κ2) is 6.26. The number of hydrogen-bond donors (Lipinski definition) is 0. The van der Waals surface area contributed by atoms with Crippen LogP contribution in [-0.2, 0) is 40.2 Å². The van der Waals surface area contributed by atoms with Gasteiger partial charge in [-0.3, -0.25) is 0 Å². The third kappa shape index (κ3) is 4.37. The first-order valence-corrected chi connectivity index (χ1v) is 2.50. The Morgan fingerprint density at radius 3 is 2.20 bits per heavy atom.